The predicted octanol–water partition coefficient (Wildman–Crippen LogP) is 3.19. The highest BCUT2D eigenvalue weighted by Crippen LogP contribution is 2.31. The second kappa shape index (κ2) is 6.44. The molecule has 0 spiro atoms. The number of nitrogens with one attached hydrogen (secondary N) is 1. The van der Waals surface area contributed by atoms with Gasteiger partial charge in [-0.1, -0.05) is 35.2 Å². The second-order valence-electron chi connectivity index (χ2n) is 4.77. The smallest absolute Gasteiger partial charge is 0.337 e. The Balaban J connectivity index is 1.54. The van der Waals surface area contributed by atoms with Gasteiger partial charge in [0.05, 0.1) is 12.7 Å². The van der Waals surface area contributed by atoms with E-state index in [1.54, 1.807) is 35.2 Å². The summed E-state index contributed by atoms with van der Waals surface area (Å²) in [5.41, 5.74) is 1.71. The molecule has 3 rings (SSSR count). The first-order valence-corrected chi connectivity index (χ1v) is 8.45. The lowest BCUT2D eigenvalue weighted by Gasteiger charge is -2.01. The number of hydrogen-bond donors (Lipinski definition) is 1. The van der Waals surface area contributed by atoms with E-state index in [4.69, 9.17) is 0 Å². The number of methoxy groups -OCH3 is 1. The van der Waals surface area contributed by atoms with Crippen LogP contribution in [-0.2, 0) is 10.5 Å². The van der Waals surface area contributed by atoms with Gasteiger partial charge in [0.1, 0.15) is 0 Å². The van der Waals surface area contributed by atoms with Crippen LogP contribution in [0.3, 0.4) is 0 Å². The van der Waals surface area contributed by atoms with Crippen LogP contribution >= 0.6 is 23.1 Å². The molecule has 2 aromatic rings. The van der Waals surface area contributed by atoms with Crippen molar-refractivity contribution >= 4 is 34.2 Å². The minimum absolute atomic E-state index is 0.311. The third-order valence-corrected chi connectivity index (χ3v) is 5.11. The topological polar surface area (TPSA) is 64.1 Å². The van der Waals surface area contributed by atoms with Gasteiger partial charge in [-0.2, -0.15) is 0 Å². The van der Waals surface area contributed by atoms with Crippen LogP contribution in [0.25, 0.3) is 0 Å². The fourth-order valence-corrected chi connectivity index (χ4v) is 3.51. The Hall–Kier alpha value is -1.60. The summed E-state index contributed by atoms with van der Waals surface area (Å²) in [7, 11) is 1.38. The van der Waals surface area contributed by atoms with E-state index >= 15 is 0 Å². The summed E-state index contributed by atoms with van der Waals surface area (Å²) in [6.45, 7) is 0. The van der Waals surface area contributed by atoms with Crippen molar-refractivity contribution in [2.75, 3.05) is 12.4 Å². The van der Waals surface area contributed by atoms with Gasteiger partial charge in [0.2, 0.25) is 5.13 Å². The quantitative estimate of drug-likeness (QED) is 0.651. The molecular weight excluding hydrogens is 306 g/mol. The fraction of sp³-hybridized carbons (Fsp3) is 0.357. The number of benzene rings is 1. The summed E-state index contributed by atoms with van der Waals surface area (Å²) in [4.78, 5) is 11.3. The number of hydrogen-bond acceptors (Lipinski definition) is 7. The first-order chi connectivity index (χ1) is 10.2. The molecule has 21 heavy (non-hydrogen) atoms. The van der Waals surface area contributed by atoms with E-state index < -0.39 is 0 Å². The van der Waals surface area contributed by atoms with Gasteiger partial charge in [-0.3, -0.25) is 0 Å². The number of anilines is 1. The van der Waals surface area contributed by atoms with Gasteiger partial charge in [-0.25, -0.2) is 4.79 Å². The standard InChI is InChI=1S/C14H15N3O2S2/c1-19-12(18)10-4-2-9(3-5-10)8-20-14-17-16-13(21-14)15-11-6-7-11/h2-5,11H,6-8H2,1H3,(H,15,16). The number of carbonyl (C=O) groups is 1. The van der Waals surface area contributed by atoms with E-state index in [0.29, 0.717) is 11.6 Å². The predicted molar refractivity (Wildman–Crippen MR) is 83.9 cm³/mol. The average Bonchev–Trinajstić information content (AvgIpc) is 3.22. The number of nitrogens with zero attached hydrogens (tertiary/aromatic N) is 2. The maximum Gasteiger partial charge on any atom is 0.337 e. The first-order valence-electron chi connectivity index (χ1n) is 6.64. The van der Waals surface area contributed by atoms with Crippen molar-refractivity contribution < 1.29 is 9.53 Å². The molecule has 0 bridgehead atoms. The van der Waals surface area contributed by atoms with E-state index in [-0.39, 0.29) is 5.97 Å². The number of carbonyl (C=O) groups excluding carboxylic acids is 1. The molecule has 0 saturated heterocycles. The van der Waals surface area contributed by atoms with Crippen molar-refractivity contribution in [2.24, 2.45) is 0 Å². The fourth-order valence-electron chi connectivity index (χ4n) is 1.73. The Morgan fingerprint density at radius 3 is 2.81 bits per heavy atom. The van der Waals surface area contributed by atoms with E-state index in [9.17, 15) is 4.79 Å². The molecule has 0 unspecified atom stereocenters. The zero-order valence-corrected chi connectivity index (χ0v) is 13.2. The van der Waals surface area contributed by atoms with Crippen molar-refractivity contribution in [3.05, 3.63) is 35.4 Å². The lowest BCUT2D eigenvalue weighted by atomic mass is 10.1. The molecule has 110 valence electrons. The molecule has 1 aromatic heterocycles. The summed E-state index contributed by atoms with van der Waals surface area (Å²) >= 11 is 3.24. The third kappa shape index (κ3) is 3.95. The van der Waals surface area contributed by atoms with Gasteiger partial charge in [0.25, 0.3) is 0 Å². The highest BCUT2D eigenvalue weighted by atomic mass is 32.2. The van der Waals surface area contributed by atoms with Gasteiger partial charge < -0.3 is 10.1 Å². The van der Waals surface area contributed by atoms with E-state index in [2.05, 4.69) is 20.3 Å². The maximum atomic E-state index is 11.3. The summed E-state index contributed by atoms with van der Waals surface area (Å²) < 4.78 is 5.63. The zero-order chi connectivity index (χ0) is 14.7. The molecule has 5 nitrogen and oxygen atoms in total. The average molecular weight is 321 g/mol. The van der Waals surface area contributed by atoms with Gasteiger partial charge in [0.15, 0.2) is 4.34 Å². The Morgan fingerprint density at radius 2 is 2.14 bits per heavy atom. The summed E-state index contributed by atoms with van der Waals surface area (Å²) in [6.07, 6.45) is 2.46. The molecule has 1 aliphatic rings. The molecule has 1 aliphatic carbocycles. The van der Waals surface area contributed by atoms with Crippen LogP contribution in [0.5, 0.6) is 0 Å². The summed E-state index contributed by atoms with van der Waals surface area (Å²) in [5, 5.41) is 12.5. The third-order valence-electron chi connectivity index (χ3n) is 3.05. The van der Waals surface area contributed by atoms with Crippen molar-refractivity contribution in [1.29, 1.82) is 0 Å². The van der Waals surface area contributed by atoms with E-state index in [0.717, 1.165) is 20.8 Å². The number of esters is 1. The molecule has 1 heterocycles. The Bertz CT molecular complexity index is 623. The van der Waals surface area contributed by atoms with E-state index in [1.165, 1.54) is 20.0 Å². The lowest BCUT2D eigenvalue weighted by molar-refractivity contribution is 0.0600. The van der Waals surface area contributed by atoms with Crippen LogP contribution in [0, 0.1) is 0 Å². The minimum atomic E-state index is -0.311. The Morgan fingerprint density at radius 1 is 1.38 bits per heavy atom. The molecule has 1 fully saturated rings. The van der Waals surface area contributed by atoms with Gasteiger partial charge >= 0.3 is 5.97 Å². The van der Waals surface area contributed by atoms with Crippen molar-refractivity contribution in [2.45, 2.75) is 29.0 Å². The number of rotatable bonds is 6. The minimum Gasteiger partial charge on any atom is -0.465 e. The van der Waals surface area contributed by atoms with Crippen LogP contribution < -0.4 is 5.32 Å². The Kier molecular flexibility index (Phi) is 4.40. The second-order valence-corrected chi connectivity index (χ2v) is 6.97. The summed E-state index contributed by atoms with van der Waals surface area (Å²) in [6, 6.07) is 8.03. The zero-order valence-electron chi connectivity index (χ0n) is 11.5. The monoisotopic (exact) mass is 321 g/mol. The molecule has 0 radical (unpaired) electrons. The molecule has 0 aliphatic heterocycles. The molecule has 1 aromatic carbocycles. The molecular formula is C14H15N3O2S2. The van der Waals surface area contributed by atoms with Gasteiger partial charge in [-0.05, 0) is 30.5 Å². The largest absolute Gasteiger partial charge is 0.465 e. The lowest BCUT2D eigenvalue weighted by Crippen LogP contribution is -2.00. The molecule has 7 heteroatoms. The maximum absolute atomic E-state index is 11.3. The van der Waals surface area contributed by atoms with Crippen molar-refractivity contribution in [3.8, 4) is 0 Å². The molecule has 0 atom stereocenters. The van der Waals surface area contributed by atoms with Crippen LogP contribution in [0.1, 0.15) is 28.8 Å². The molecule has 0 amide bonds. The highest BCUT2D eigenvalue weighted by molar-refractivity contribution is 8.00. The number of thioether (sulfide) groups is 1. The summed E-state index contributed by atoms with van der Waals surface area (Å²) in [5.74, 6) is 0.494. The Labute approximate surface area is 131 Å². The number of aromatic nitrogens is 2. The molecule has 1 saturated carbocycles. The highest BCUT2D eigenvalue weighted by Gasteiger charge is 2.22. The van der Waals surface area contributed by atoms with Crippen LogP contribution in [0.15, 0.2) is 28.6 Å². The van der Waals surface area contributed by atoms with Crippen LogP contribution in [0.2, 0.25) is 0 Å². The first kappa shape index (κ1) is 14.3. The van der Waals surface area contributed by atoms with Gasteiger partial charge in [0, 0.05) is 11.8 Å². The van der Waals surface area contributed by atoms with Crippen LogP contribution in [-0.4, -0.2) is 29.3 Å². The molecule has 1 N–H and O–H groups in total. The van der Waals surface area contributed by atoms with Crippen LogP contribution in [0.4, 0.5) is 5.13 Å². The SMILES string of the molecule is COC(=O)c1ccc(CSc2nnc(NC3CC3)s2)cc1. The van der Waals surface area contributed by atoms with Crippen molar-refractivity contribution in [1.82, 2.24) is 10.2 Å². The number of ether oxygens (including phenoxy) is 1. The van der Waals surface area contributed by atoms with E-state index in [1.807, 2.05) is 12.1 Å². The van der Waals surface area contributed by atoms with Gasteiger partial charge in [-0.15, -0.1) is 10.2 Å². The normalized spacial score (nSPS) is 14.0. The van der Waals surface area contributed by atoms with Crippen molar-refractivity contribution in [3.63, 3.8) is 0 Å².